The first-order valence-corrected chi connectivity index (χ1v) is 16.8. The van der Waals surface area contributed by atoms with E-state index in [0.717, 1.165) is 31.7 Å². The minimum atomic E-state index is -1.29. The van der Waals surface area contributed by atoms with E-state index in [1.165, 1.54) is 40.8 Å². The smallest absolute Gasteiger partial charge is 0.316 e. The molecule has 0 spiro atoms. The van der Waals surface area contributed by atoms with Crippen LogP contribution in [0.3, 0.4) is 0 Å². The summed E-state index contributed by atoms with van der Waals surface area (Å²) in [5, 5.41) is 31.5. The van der Waals surface area contributed by atoms with E-state index in [1.54, 1.807) is 4.90 Å². The standard InChI is InChI=1S/C34H34F2N8O7/c1-51-32-29-21(31(46)22(34(48)49)14-43(29)19-7-8-19)10-24(36)30(32)40-11-17-4-3-9-42(25(17)15-40)26(45)16-41-12-18(37-39-41)13-44-28-20(5-2-6-23(28)35)27(38-50)33(44)47/h2,5-6,10,12,17,19,22,25,47H,3-4,7-9,11,13-16H2,1H3,(H,48,49)/t17-,22?,25+/m1/s1. The molecular formula is C34H34F2N8O7. The fraction of sp³-hybridized carbons (Fsp3) is 0.441. The van der Waals surface area contributed by atoms with Gasteiger partial charge < -0.3 is 34.2 Å². The second-order valence-electron chi connectivity index (χ2n) is 13.6. The second kappa shape index (κ2) is 12.3. The number of methoxy groups -OCH3 is 1. The Morgan fingerprint density at radius 2 is 1.90 bits per heavy atom. The predicted octanol–water partition coefficient (Wildman–Crippen LogP) is 3.66. The number of amides is 1. The molecule has 1 saturated carbocycles. The maximum absolute atomic E-state index is 16.1. The largest absolute Gasteiger partial charge is 0.493 e. The monoisotopic (exact) mass is 704 g/mol. The Morgan fingerprint density at radius 3 is 2.63 bits per heavy atom. The number of carbonyl (C=O) groups is 3. The number of ketones is 1. The van der Waals surface area contributed by atoms with Crippen molar-refractivity contribution in [1.82, 2.24) is 24.5 Å². The third kappa shape index (κ3) is 5.33. The summed E-state index contributed by atoms with van der Waals surface area (Å²) in [4.78, 5) is 55.8. The number of benzene rings is 2. The SMILES string of the molecule is COc1c(N2C[C@H]3CCCN(C(=O)Cn4cc(Cn5c(O)c(N=O)c6cccc(F)c65)nn4)[C@H]3C2)c(F)cc2c1N(C1CC1)CC(C(=O)O)C2=O. The van der Waals surface area contributed by atoms with Crippen LogP contribution in [0, 0.1) is 28.4 Å². The lowest BCUT2D eigenvalue weighted by Gasteiger charge is -2.37. The van der Waals surface area contributed by atoms with E-state index in [0.29, 0.717) is 31.0 Å². The van der Waals surface area contributed by atoms with Crippen molar-refractivity contribution in [3.05, 3.63) is 58.3 Å². The zero-order chi connectivity index (χ0) is 35.7. The Hall–Kier alpha value is -5.61. The normalized spacial score (nSPS) is 21.6. The highest BCUT2D eigenvalue weighted by Crippen LogP contribution is 2.50. The predicted molar refractivity (Wildman–Crippen MR) is 177 cm³/mol. The second-order valence-corrected chi connectivity index (χ2v) is 13.6. The molecule has 2 aromatic heterocycles. The minimum Gasteiger partial charge on any atom is -0.493 e. The van der Waals surface area contributed by atoms with Gasteiger partial charge in [-0.25, -0.2) is 13.5 Å². The average molecular weight is 705 g/mol. The van der Waals surface area contributed by atoms with Gasteiger partial charge in [-0.15, -0.1) is 10.0 Å². The van der Waals surface area contributed by atoms with Crippen molar-refractivity contribution in [2.24, 2.45) is 17.0 Å². The minimum absolute atomic E-state index is 0.00502. The van der Waals surface area contributed by atoms with E-state index >= 15 is 4.39 Å². The fourth-order valence-electron chi connectivity index (χ4n) is 8.17. The summed E-state index contributed by atoms with van der Waals surface area (Å²) < 4.78 is 39.1. The molecule has 3 aliphatic heterocycles. The molecule has 0 bridgehead atoms. The number of halogens is 2. The lowest BCUT2D eigenvalue weighted by molar-refractivity contribution is -0.140. The number of likely N-dealkylation sites (tertiary alicyclic amines) is 1. The number of fused-ring (bicyclic) bond motifs is 3. The number of carboxylic acids is 1. The Labute approximate surface area is 288 Å². The first-order chi connectivity index (χ1) is 24.6. The lowest BCUT2D eigenvalue weighted by atomic mass is 9.89. The summed E-state index contributed by atoms with van der Waals surface area (Å²) in [5.74, 6) is -5.03. The van der Waals surface area contributed by atoms with Crippen LogP contribution in [0.1, 0.15) is 41.7 Å². The van der Waals surface area contributed by atoms with Gasteiger partial charge in [0.25, 0.3) is 0 Å². The Bertz CT molecular complexity index is 2110. The number of ether oxygens (including phenoxy) is 1. The Kier molecular flexibility index (Phi) is 7.87. The quantitative estimate of drug-likeness (QED) is 0.192. The summed E-state index contributed by atoms with van der Waals surface area (Å²) in [5.41, 5.74) is 0.630. The highest BCUT2D eigenvalue weighted by atomic mass is 19.1. The molecule has 3 fully saturated rings. The number of aromatic hydroxyl groups is 1. The molecule has 8 rings (SSSR count). The molecule has 0 radical (unpaired) electrons. The van der Waals surface area contributed by atoms with Gasteiger partial charge in [-0.3, -0.25) is 14.4 Å². The van der Waals surface area contributed by atoms with Gasteiger partial charge in [0.05, 0.1) is 37.1 Å². The highest BCUT2D eigenvalue weighted by Gasteiger charge is 2.47. The van der Waals surface area contributed by atoms with Crippen LogP contribution in [0.4, 0.5) is 25.8 Å². The summed E-state index contributed by atoms with van der Waals surface area (Å²) in [7, 11) is 1.41. The van der Waals surface area contributed by atoms with E-state index in [-0.39, 0.29) is 77.1 Å². The number of piperidine rings is 1. The van der Waals surface area contributed by atoms with Crippen LogP contribution in [0.5, 0.6) is 11.6 Å². The molecule has 266 valence electrons. The lowest BCUT2D eigenvalue weighted by Crippen LogP contribution is -2.49. The molecule has 3 atom stereocenters. The van der Waals surface area contributed by atoms with E-state index in [1.807, 2.05) is 9.80 Å². The first-order valence-electron chi connectivity index (χ1n) is 16.8. The summed E-state index contributed by atoms with van der Waals surface area (Å²) >= 11 is 0. The number of anilines is 2. The van der Waals surface area contributed by atoms with Crippen LogP contribution in [0.15, 0.2) is 35.6 Å². The number of hydrogen-bond donors (Lipinski definition) is 2. The maximum Gasteiger partial charge on any atom is 0.316 e. The van der Waals surface area contributed by atoms with Crippen molar-refractivity contribution in [2.75, 3.05) is 43.1 Å². The molecule has 1 amide bonds. The summed E-state index contributed by atoms with van der Waals surface area (Å²) in [6.45, 7) is 0.963. The average Bonchev–Trinajstić information content (AvgIpc) is 3.60. The number of aromatic nitrogens is 4. The summed E-state index contributed by atoms with van der Waals surface area (Å²) in [6, 6.07) is 5.02. The van der Waals surface area contributed by atoms with Crippen LogP contribution < -0.4 is 14.5 Å². The molecule has 1 aliphatic carbocycles. The van der Waals surface area contributed by atoms with Crippen molar-refractivity contribution in [3.8, 4) is 11.6 Å². The molecule has 2 saturated heterocycles. The molecule has 51 heavy (non-hydrogen) atoms. The molecule has 15 nitrogen and oxygen atoms in total. The molecule has 4 aromatic rings. The zero-order valence-electron chi connectivity index (χ0n) is 27.5. The number of Topliss-reactive ketones (excluding diaryl/α,β-unsaturated/α-hetero) is 1. The molecule has 2 aromatic carbocycles. The third-order valence-electron chi connectivity index (χ3n) is 10.6. The number of hydrogen-bond acceptors (Lipinski definition) is 11. The topological polar surface area (TPSA) is 176 Å². The molecule has 4 aliphatic rings. The highest BCUT2D eigenvalue weighted by molar-refractivity contribution is 6.15. The molecule has 2 N–H and O–H groups in total. The van der Waals surface area contributed by atoms with Gasteiger partial charge in [0.2, 0.25) is 11.8 Å². The van der Waals surface area contributed by atoms with E-state index in [9.17, 15) is 33.9 Å². The van der Waals surface area contributed by atoms with Crippen LogP contribution >= 0.6 is 0 Å². The fourth-order valence-corrected chi connectivity index (χ4v) is 8.17. The summed E-state index contributed by atoms with van der Waals surface area (Å²) in [6.07, 6.45) is 4.73. The van der Waals surface area contributed by atoms with Gasteiger partial charge in [0.1, 0.15) is 29.7 Å². The van der Waals surface area contributed by atoms with Gasteiger partial charge >= 0.3 is 5.97 Å². The van der Waals surface area contributed by atoms with E-state index < -0.39 is 35.2 Å². The number of rotatable bonds is 9. The number of aliphatic carboxylic acids is 1. The van der Waals surface area contributed by atoms with E-state index in [2.05, 4.69) is 15.5 Å². The van der Waals surface area contributed by atoms with Crippen LogP contribution in [-0.2, 0) is 22.7 Å². The van der Waals surface area contributed by atoms with Gasteiger partial charge in [-0.2, -0.15) is 0 Å². The zero-order valence-corrected chi connectivity index (χ0v) is 27.5. The molecular weight excluding hydrogens is 670 g/mol. The van der Waals surface area contributed by atoms with Gasteiger partial charge in [-0.1, -0.05) is 17.3 Å². The van der Waals surface area contributed by atoms with Crippen LogP contribution in [0.25, 0.3) is 10.9 Å². The molecule has 5 heterocycles. The van der Waals surface area contributed by atoms with Crippen LogP contribution in [-0.4, -0.2) is 97.7 Å². The van der Waals surface area contributed by atoms with Crippen molar-refractivity contribution < 1.29 is 38.1 Å². The van der Waals surface area contributed by atoms with Crippen molar-refractivity contribution >= 4 is 45.6 Å². The molecule has 1 unspecified atom stereocenters. The number of nitrogens with zero attached hydrogens (tertiary/aromatic N) is 8. The first kappa shape index (κ1) is 32.6. The Morgan fingerprint density at radius 1 is 1.10 bits per heavy atom. The molecule has 17 heteroatoms. The third-order valence-corrected chi connectivity index (χ3v) is 10.6. The number of carboxylic acid groups (broad SMARTS) is 1. The number of para-hydroxylation sites is 1. The van der Waals surface area contributed by atoms with Gasteiger partial charge in [0, 0.05) is 43.2 Å². The van der Waals surface area contributed by atoms with Crippen molar-refractivity contribution in [1.29, 1.82) is 0 Å². The number of carbonyl (C=O) groups excluding carboxylic acids is 2. The number of nitroso groups, excluding NO2 is 1. The van der Waals surface area contributed by atoms with Crippen molar-refractivity contribution in [2.45, 2.75) is 50.9 Å². The van der Waals surface area contributed by atoms with E-state index in [4.69, 9.17) is 4.74 Å². The Balaban J connectivity index is 1.02. The van der Waals surface area contributed by atoms with Crippen molar-refractivity contribution in [3.63, 3.8) is 0 Å². The van der Waals surface area contributed by atoms with Crippen LogP contribution in [0.2, 0.25) is 0 Å². The van der Waals surface area contributed by atoms with Gasteiger partial charge in [-0.05, 0) is 48.9 Å². The maximum atomic E-state index is 16.1. The van der Waals surface area contributed by atoms with Gasteiger partial charge in [0.15, 0.2) is 23.0 Å².